The molecule has 1 aromatic rings. The van der Waals surface area contributed by atoms with Crippen LogP contribution in [0.2, 0.25) is 0 Å². The molecule has 18 heavy (non-hydrogen) atoms. The minimum absolute atomic E-state index is 0.0282. The molecule has 0 aromatic heterocycles. The third-order valence-corrected chi connectivity index (χ3v) is 2.32. The Bertz CT molecular complexity index is 377. The lowest BCUT2D eigenvalue weighted by Gasteiger charge is -2.12. The highest BCUT2D eigenvalue weighted by atomic mass is 16.5. The van der Waals surface area contributed by atoms with Gasteiger partial charge in [-0.2, -0.15) is 0 Å². The highest BCUT2D eigenvalue weighted by Gasteiger charge is 2.17. The van der Waals surface area contributed by atoms with Gasteiger partial charge in [0.15, 0.2) is 6.10 Å². The van der Waals surface area contributed by atoms with Gasteiger partial charge < -0.3 is 19.3 Å². The number of carbonyl (C=O) groups is 1. The molecule has 100 valence electrons. The summed E-state index contributed by atoms with van der Waals surface area (Å²) < 4.78 is 15.5. The van der Waals surface area contributed by atoms with E-state index >= 15 is 0 Å². The Morgan fingerprint density at radius 3 is 2.83 bits per heavy atom. The van der Waals surface area contributed by atoms with Crippen molar-refractivity contribution in [1.82, 2.24) is 0 Å². The van der Waals surface area contributed by atoms with Gasteiger partial charge in [-0.3, -0.25) is 0 Å². The van der Waals surface area contributed by atoms with E-state index in [1.807, 2.05) is 24.3 Å². The molecule has 0 fully saturated rings. The smallest absolute Gasteiger partial charge is 0.335 e. The van der Waals surface area contributed by atoms with E-state index in [1.165, 1.54) is 0 Å². The molecule has 0 heterocycles. The predicted octanol–water partition coefficient (Wildman–Crippen LogP) is 1.70. The van der Waals surface area contributed by atoms with Crippen LogP contribution in [0.3, 0.4) is 0 Å². The first-order chi connectivity index (χ1) is 8.67. The number of carboxylic acid groups (broad SMARTS) is 1. The molecule has 0 saturated heterocycles. The van der Waals surface area contributed by atoms with Crippen LogP contribution in [0.25, 0.3) is 0 Å². The van der Waals surface area contributed by atoms with Gasteiger partial charge in [-0.15, -0.1) is 0 Å². The monoisotopic (exact) mass is 254 g/mol. The predicted molar refractivity (Wildman–Crippen MR) is 65.7 cm³/mol. The summed E-state index contributed by atoms with van der Waals surface area (Å²) in [4.78, 5) is 10.8. The van der Waals surface area contributed by atoms with Crippen molar-refractivity contribution in [1.29, 1.82) is 0 Å². The van der Waals surface area contributed by atoms with Gasteiger partial charge in [0.2, 0.25) is 0 Å². The molecule has 5 heteroatoms. The van der Waals surface area contributed by atoms with Gasteiger partial charge in [0, 0.05) is 6.61 Å². The van der Waals surface area contributed by atoms with E-state index in [-0.39, 0.29) is 6.61 Å². The van der Waals surface area contributed by atoms with E-state index in [0.29, 0.717) is 13.2 Å². The minimum Gasteiger partial charge on any atom is -0.497 e. The SMILES string of the molecule is CCOC(COCc1cccc(OC)c1)C(=O)O. The summed E-state index contributed by atoms with van der Waals surface area (Å²) >= 11 is 0. The summed E-state index contributed by atoms with van der Waals surface area (Å²) in [6.45, 7) is 2.45. The van der Waals surface area contributed by atoms with Gasteiger partial charge in [-0.05, 0) is 24.6 Å². The Morgan fingerprint density at radius 1 is 1.44 bits per heavy atom. The van der Waals surface area contributed by atoms with Crippen LogP contribution in [0.1, 0.15) is 12.5 Å². The number of ether oxygens (including phenoxy) is 3. The Kier molecular flexibility index (Phi) is 6.18. The molecular formula is C13H18O5. The second-order valence-corrected chi connectivity index (χ2v) is 3.65. The van der Waals surface area contributed by atoms with Crippen molar-refractivity contribution < 1.29 is 24.1 Å². The Hall–Kier alpha value is -1.59. The molecule has 1 N–H and O–H groups in total. The maximum atomic E-state index is 10.8. The molecular weight excluding hydrogens is 236 g/mol. The fourth-order valence-corrected chi connectivity index (χ4v) is 1.44. The lowest BCUT2D eigenvalue weighted by molar-refractivity contribution is -0.154. The van der Waals surface area contributed by atoms with Crippen LogP contribution in [-0.2, 0) is 20.9 Å². The van der Waals surface area contributed by atoms with Crippen LogP contribution < -0.4 is 4.74 Å². The van der Waals surface area contributed by atoms with E-state index in [2.05, 4.69) is 0 Å². The van der Waals surface area contributed by atoms with Crippen molar-refractivity contribution in [2.45, 2.75) is 19.6 Å². The summed E-state index contributed by atoms with van der Waals surface area (Å²) in [6.07, 6.45) is -0.916. The van der Waals surface area contributed by atoms with Gasteiger partial charge in [0.05, 0.1) is 20.3 Å². The van der Waals surface area contributed by atoms with E-state index in [9.17, 15) is 4.79 Å². The third kappa shape index (κ3) is 4.73. The van der Waals surface area contributed by atoms with Crippen molar-refractivity contribution >= 4 is 5.97 Å². The average Bonchev–Trinajstić information content (AvgIpc) is 2.38. The van der Waals surface area contributed by atoms with Crippen LogP contribution in [0.4, 0.5) is 0 Å². The van der Waals surface area contributed by atoms with Gasteiger partial charge >= 0.3 is 5.97 Å². The molecule has 0 aliphatic rings. The number of methoxy groups -OCH3 is 1. The van der Waals surface area contributed by atoms with E-state index < -0.39 is 12.1 Å². The first-order valence-corrected chi connectivity index (χ1v) is 5.72. The largest absolute Gasteiger partial charge is 0.497 e. The molecule has 0 radical (unpaired) electrons. The lowest BCUT2D eigenvalue weighted by atomic mass is 10.2. The van der Waals surface area contributed by atoms with Gasteiger partial charge in [-0.1, -0.05) is 12.1 Å². The number of benzene rings is 1. The first kappa shape index (κ1) is 14.5. The molecule has 1 rings (SSSR count). The maximum Gasteiger partial charge on any atom is 0.335 e. The molecule has 0 bridgehead atoms. The van der Waals surface area contributed by atoms with Crippen LogP contribution in [0.15, 0.2) is 24.3 Å². The number of carboxylic acids is 1. The summed E-state index contributed by atoms with van der Waals surface area (Å²) in [6, 6.07) is 7.42. The Morgan fingerprint density at radius 2 is 2.22 bits per heavy atom. The topological polar surface area (TPSA) is 65.0 Å². The van der Waals surface area contributed by atoms with Crippen LogP contribution in [0, 0.1) is 0 Å². The normalized spacial score (nSPS) is 12.1. The zero-order chi connectivity index (χ0) is 13.4. The Labute approximate surface area is 106 Å². The van der Waals surface area contributed by atoms with Crippen molar-refractivity contribution in [3.05, 3.63) is 29.8 Å². The zero-order valence-corrected chi connectivity index (χ0v) is 10.6. The average molecular weight is 254 g/mol. The number of hydrogen-bond donors (Lipinski definition) is 1. The molecule has 0 aliphatic carbocycles. The van der Waals surface area contributed by atoms with Gasteiger partial charge in [0.25, 0.3) is 0 Å². The fourth-order valence-electron chi connectivity index (χ4n) is 1.44. The first-order valence-electron chi connectivity index (χ1n) is 5.72. The van der Waals surface area contributed by atoms with Crippen molar-refractivity contribution in [2.75, 3.05) is 20.3 Å². The van der Waals surface area contributed by atoms with Crippen molar-refractivity contribution in [3.63, 3.8) is 0 Å². The second-order valence-electron chi connectivity index (χ2n) is 3.65. The van der Waals surface area contributed by atoms with E-state index in [4.69, 9.17) is 19.3 Å². The molecule has 0 amide bonds. The summed E-state index contributed by atoms with van der Waals surface area (Å²) in [5.74, 6) is -0.266. The van der Waals surface area contributed by atoms with E-state index in [0.717, 1.165) is 11.3 Å². The van der Waals surface area contributed by atoms with Gasteiger partial charge in [0.1, 0.15) is 5.75 Å². The molecule has 0 spiro atoms. The number of rotatable bonds is 8. The summed E-state index contributed by atoms with van der Waals surface area (Å²) in [5, 5.41) is 8.86. The third-order valence-electron chi connectivity index (χ3n) is 2.32. The van der Waals surface area contributed by atoms with Crippen LogP contribution in [-0.4, -0.2) is 37.5 Å². The van der Waals surface area contributed by atoms with Crippen molar-refractivity contribution in [3.8, 4) is 5.75 Å². The molecule has 1 atom stereocenters. The minimum atomic E-state index is -1.01. The number of hydrogen-bond acceptors (Lipinski definition) is 4. The molecule has 0 saturated carbocycles. The van der Waals surface area contributed by atoms with Crippen molar-refractivity contribution in [2.24, 2.45) is 0 Å². The second kappa shape index (κ2) is 7.68. The van der Waals surface area contributed by atoms with E-state index in [1.54, 1.807) is 14.0 Å². The molecule has 5 nitrogen and oxygen atoms in total. The highest BCUT2D eigenvalue weighted by molar-refractivity contribution is 5.72. The molecule has 0 aliphatic heterocycles. The standard InChI is InChI=1S/C13H18O5/c1-3-18-12(13(14)15)9-17-8-10-5-4-6-11(7-10)16-2/h4-7,12H,3,8-9H2,1-2H3,(H,14,15). The van der Waals surface area contributed by atoms with Crippen LogP contribution in [0.5, 0.6) is 5.75 Å². The van der Waals surface area contributed by atoms with Gasteiger partial charge in [-0.25, -0.2) is 4.79 Å². The summed E-state index contributed by atoms with van der Waals surface area (Å²) in [7, 11) is 1.59. The Balaban J connectivity index is 2.42. The summed E-state index contributed by atoms with van der Waals surface area (Å²) in [5.41, 5.74) is 0.926. The number of aliphatic carboxylic acids is 1. The zero-order valence-electron chi connectivity index (χ0n) is 10.6. The highest BCUT2D eigenvalue weighted by Crippen LogP contribution is 2.13. The lowest BCUT2D eigenvalue weighted by Crippen LogP contribution is -2.29. The maximum absolute atomic E-state index is 10.8. The molecule has 1 unspecified atom stereocenters. The van der Waals surface area contributed by atoms with Crippen LogP contribution >= 0.6 is 0 Å². The fraction of sp³-hybridized carbons (Fsp3) is 0.462. The molecule has 1 aromatic carbocycles. The quantitative estimate of drug-likeness (QED) is 0.765.